The first-order valence-electron chi connectivity index (χ1n) is 7.91. The quantitative estimate of drug-likeness (QED) is 0.721. The number of hydrogen-bond donors (Lipinski definition) is 2. The minimum absolute atomic E-state index is 0.0440. The van der Waals surface area contributed by atoms with Crippen molar-refractivity contribution in [1.29, 1.82) is 0 Å². The summed E-state index contributed by atoms with van der Waals surface area (Å²) in [5, 5.41) is 2.84. The van der Waals surface area contributed by atoms with Gasteiger partial charge in [0, 0.05) is 35.5 Å². The highest BCUT2D eigenvalue weighted by Gasteiger charge is 2.26. The lowest BCUT2D eigenvalue weighted by Crippen LogP contribution is -2.16. The molecule has 6 nitrogen and oxygen atoms in total. The number of amides is 1. The standard InChI is InChI=1S/C18H19N5O/c1-18(2,3)17-22-13(14-15(19)20-6-7-23(14)17)10-4-5-11-9-21-16(24)12(11)8-10/h4-8H,9H2,1-3H3,(H2,19,20)(H,21,24). The first-order valence-corrected chi connectivity index (χ1v) is 7.91. The lowest BCUT2D eigenvalue weighted by atomic mass is 9.96. The number of imidazole rings is 1. The average molecular weight is 321 g/mol. The summed E-state index contributed by atoms with van der Waals surface area (Å²) in [4.78, 5) is 21.0. The Morgan fingerprint density at radius 1 is 1.29 bits per heavy atom. The molecular weight excluding hydrogens is 302 g/mol. The number of carbonyl (C=O) groups excluding carboxylic acids is 1. The van der Waals surface area contributed by atoms with Crippen molar-refractivity contribution in [3.05, 3.63) is 47.5 Å². The zero-order valence-corrected chi connectivity index (χ0v) is 13.9. The Labute approximate surface area is 139 Å². The Balaban J connectivity index is 2.01. The maximum absolute atomic E-state index is 12.0. The van der Waals surface area contributed by atoms with Crippen LogP contribution in [0.4, 0.5) is 5.82 Å². The summed E-state index contributed by atoms with van der Waals surface area (Å²) in [7, 11) is 0. The maximum atomic E-state index is 12.0. The average Bonchev–Trinajstić information content (AvgIpc) is 3.09. The molecule has 0 bridgehead atoms. The molecule has 4 rings (SSSR count). The number of aromatic nitrogens is 3. The first kappa shape index (κ1) is 14.7. The molecule has 0 radical (unpaired) electrons. The van der Waals surface area contributed by atoms with Crippen LogP contribution in [0, 0.1) is 0 Å². The molecule has 3 heterocycles. The third kappa shape index (κ3) is 2.06. The molecule has 1 amide bonds. The van der Waals surface area contributed by atoms with Gasteiger partial charge in [0.05, 0.1) is 0 Å². The highest BCUT2D eigenvalue weighted by atomic mass is 16.1. The van der Waals surface area contributed by atoms with Gasteiger partial charge in [0.1, 0.15) is 22.9 Å². The summed E-state index contributed by atoms with van der Waals surface area (Å²) in [6, 6.07) is 5.84. The Morgan fingerprint density at radius 3 is 2.83 bits per heavy atom. The number of benzene rings is 1. The van der Waals surface area contributed by atoms with E-state index in [9.17, 15) is 4.79 Å². The van der Waals surface area contributed by atoms with Crippen LogP contribution in [0.25, 0.3) is 16.8 Å². The van der Waals surface area contributed by atoms with Gasteiger partial charge in [0.15, 0.2) is 0 Å². The molecule has 0 atom stereocenters. The van der Waals surface area contributed by atoms with Crippen LogP contribution in [0.5, 0.6) is 0 Å². The molecule has 122 valence electrons. The summed E-state index contributed by atoms with van der Waals surface area (Å²) in [5.41, 5.74) is 10.1. The number of rotatable bonds is 1. The third-order valence-electron chi connectivity index (χ3n) is 4.32. The largest absolute Gasteiger partial charge is 0.382 e. The van der Waals surface area contributed by atoms with Gasteiger partial charge in [-0.05, 0) is 11.6 Å². The zero-order valence-electron chi connectivity index (χ0n) is 13.9. The molecule has 24 heavy (non-hydrogen) atoms. The number of nitrogens with one attached hydrogen (secondary N) is 1. The van der Waals surface area contributed by atoms with E-state index in [2.05, 4.69) is 31.1 Å². The topological polar surface area (TPSA) is 85.3 Å². The summed E-state index contributed by atoms with van der Waals surface area (Å²) >= 11 is 0. The maximum Gasteiger partial charge on any atom is 0.251 e. The summed E-state index contributed by atoms with van der Waals surface area (Å²) in [6.45, 7) is 6.91. The summed E-state index contributed by atoms with van der Waals surface area (Å²) < 4.78 is 1.99. The predicted molar refractivity (Wildman–Crippen MR) is 92.7 cm³/mol. The van der Waals surface area contributed by atoms with E-state index in [4.69, 9.17) is 10.7 Å². The highest BCUT2D eigenvalue weighted by molar-refractivity contribution is 6.00. The van der Waals surface area contributed by atoms with Crippen LogP contribution in [-0.2, 0) is 12.0 Å². The lowest BCUT2D eigenvalue weighted by molar-refractivity contribution is 0.0966. The summed E-state index contributed by atoms with van der Waals surface area (Å²) in [5.74, 6) is 1.30. The lowest BCUT2D eigenvalue weighted by Gasteiger charge is -2.16. The minimum atomic E-state index is -0.150. The van der Waals surface area contributed by atoms with Crippen LogP contribution >= 0.6 is 0 Å². The molecule has 1 aromatic carbocycles. The smallest absolute Gasteiger partial charge is 0.251 e. The van der Waals surface area contributed by atoms with Gasteiger partial charge in [-0.25, -0.2) is 9.97 Å². The van der Waals surface area contributed by atoms with Gasteiger partial charge in [-0.15, -0.1) is 0 Å². The predicted octanol–water partition coefficient (Wildman–Crippen LogP) is 2.52. The zero-order chi connectivity index (χ0) is 17.1. The number of nitrogens with two attached hydrogens (primary N) is 1. The van der Waals surface area contributed by atoms with Crippen molar-refractivity contribution in [2.75, 3.05) is 5.73 Å². The number of fused-ring (bicyclic) bond motifs is 2. The fraction of sp³-hybridized carbons (Fsp3) is 0.278. The molecule has 3 aromatic rings. The van der Waals surface area contributed by atoms with Crippen molar-refractivity contribution in [1.82, 2.24) is 19.7 Å². The molecule has 0 spiro atoms. The van der Waals surface area contributed by atoms with Crippen LogP contribution in [0.3, 0.4) is 0 Å². The van der Waals surface area contributed by atoms with E-state index in [1.54, 1.807) is 6.20 Å². The number of nitrogens with zero attached hydrogens (tertiary/aromatic N) is 3. The molecule has 0 saturated carbocycles. The van der Waals surface area contributed by atoms with Crippen LogP contribution in [0.1, 0.15) is 42.5 Å². The van der Waals surface area contributed by atoms with Gasteiger partial charge in [-0.1, -0.05) is 32.9 Å². The SMILES string of the molecule is CC(C)(C)c1nc(-c2ccc3c(c2)C(=O)NC3)c2c(N)nccn12. The van der Waals surface area contributed by atoms with E-state index in [1.807, 2.05) is 28.8 Å². The number of nitrogen functional groups attached to an aromatic ring is 1. The molecule has 3 N–H and O–H groups in total. The van der Waals surface area contributed by atoms with Crippen molar-refractivity contribution in [2.45, 2.75) is 32.7 Å². The van der Waals surface area contributed by atoms with Crippen molar-refractivity contribution in [2.24, 2.45) is 0 Å². The van der Waals surface area contributed by atoms with Crippen molar-refractivity contribution < 1.29 is 4.79 Å². The molecular formula is C18H19N5O. The van der Waals surface area contributed by atoms with Crippen molar-refractivity contribution >= 4 is 17.2 Å². The van der Waals surface area contributed by atoms with Gasteiger partial charge >= 0.3 is 0 Å². The second-order valence-corrected chi connectivity index (χ2v) is 7.12. The van der Waals surface area contributed by atoms with E-state index in [-0.39, 0.29) is 11.3 Å². The van der Waals surface area contributed by atoms with Crippen LogP contribution in [0.2, 0.25) is 0 Å². The van der Waals surface area contributed by atoms with Crippen LogP contribution in [-0.4, -0.2) is 20.3 Å². The fourth-order valence-corrected chi connectivity index (χ4v) is 3.15. The van der Waals surface area contributed by atoms with Crippen molar-refractivity contribution in [3.8, 4) is 11.3 Å². The van der Waals surface area contributed by atoms with Gasteiger partial charge < -0.3 is 11.1 Å². The Hall–Kier alpha value is -2.89. The monoisotopic (exact) mass is 321 g/mol. The molecule has 0 fully saturated rings. The van der Waals surface area contributed by atoms with E-state index in [1.165, 1.54) is 0 Å². The van der Waals surface area contributed by atoms with E-state index in [0.29, 0.717) is 17.9 Å². The molecule has 2 aromatic heterocycles. The van der Waals surface area contributed by atoms with Gasteiger partial charge in [0.2, 0.25) is 0 Å². The molecule has 6 heteroatoms. The van der Waals surface area contributed by atoms with Gasteiger partial charge in [-0.3, -0.25) is 9.20 Å². The second-order valence-electron chi connectivity index (χ2n) is 7.12. The van der Waals surface area contributed by atoms with Crippen molar-refractivity contribution in [3.63, 3.8) is 0 Å². The molecule has 1 aliphatic rings. The van der Waals surface area contributed by atoms with E-state index in [0.717, 1.165) is 28.2 Å². The van der Waals surface area contributed by atoms with E-state index >= 15 is 0 Å². The number of hydrogen-bond acceptors (Lipinski definition) is 4. The third-order valence-corrected chi connectivity index (χ3v) is 4.32. The summed E-state index contributed by atoms with van der Waals surface area (Å²) in [6.07, 6.45) is 3.56. The highest BCUT2D eigenvalue weighted by Crippen LogP contribution is 2.33. The number of carbonyl (C=O) groups is 1. The molecule has 0 saturated heterocycles. The number of anilines is 1. The van der Waals surface area contributed by atoms with Gasteiger partial charge in [-0.2, -0.15) is 0 Å². The van der Waals surface area contributed by atoms with Gasteiger partial charge in [0.25, 0.3) is 5.91 Å². The Bertz CT molecular complexity index is 981. The van der Waals surface area contributed by atoms with Crippen LogP contribution < -0.4 is 11.1 Å². The van der Waals surface area contributed by atoms with E-state index < -0.39 is 0 Å². The first-order chi connectivity index (χ1) is 11.4. The Morgan fingerprint density at radius 2 is 2.08 bits per heavy atom. The fourth-order valence-electron chi connectivity index (χ4n) is 3.15. The normalized spacial score (nSPS) is 14.0. The molecule has 0 aliphatic carbocycles. The van der Waals surface area contributed by atoms with Crippen LogP contribution in [0.15, 0.2) is 30.6 Å². The molecule has 0 unspecified atom stereocenters. The second kappa shape index (κ2) is 4.80. The molecule has 1 aliphatic heterocycles. The Kier molecular flexibility index (Phi) is 2.94. The minimum Gasteiger partial charge on any atom is -0.382 e.